The number of hydrogen-bond acceptors (Lipinski definition) is 5. The molecule has 7 nitrogen and oxygen atoms in total. The second kappa shape index (κ2) is 9.06. The minimum atomic E-state index is -3.56. The van der Waals surface area contributed by atoms with E-state index < -0.39 is 10.0 Å². The van der Waals surface area contributed by atoms with Crippen molar-refractivity contribution < 1.29 is 22.7 Å². The summed E-state index contributed by atoms with van der Waals surface area (Å²) in [5, 5.41) is 2.86. The normalized spacial score (nSPS) is 15.6. The monoisotopic (exact) mass is 432 g/mol. The fraction of sp³-hybridized carbons (Fsp3) is 0.409. The summed E-state index contributed by atoms with van der Waals surface area (Å²) in [7, 11) is -3.56. The molecule has 30 heavy (non-hydrogen) atoms. The molecule has 162 valence electrons. The number of sulfonamides is 1. The van der Waals surface area contributed by atoms with Crippen LogP contribution in [0.25, 0.3) is 0 Å². The van der Waals surface area contributed by atoms with E-state index in [2.05, 4.69) is 5.32 Å². The van der Waals surface area contributed by atoms with Gasteiger partial charge in [0, 0.05) is 36.7 Å². The first-order chi connectivity index (χ1) is 14.3. The van der Waals surface area contributed by atoms with Crippen LogP contribution in [0.4, 0.5) is 5.69 Å². The van der Waals surface area contributed by atoms with Gasteiger partial charge in [0.15, 0.2) is 0 Å². The number of anilines is 1. The Kier molecular flexibility index (Phi) is 6.67. The second-order valence-corrected chi connectivity index (χ2v) is 9.03. The summed E-state index contributed by atoms with van der Waals surface area (Å²) in [6.45, 7) is 8.70. The number of carbonyl (C=O) groups excluding carboxylic acids is 1. The van der Waals surface area contributed by atoms with E-state index in [0.29, 0.717) is 36.7 Å². The zero-order valence-corrected chi connectivity index (χ0v) is 18.6. The Morgan fingerprint density at radius 3 is 2.43 bits per heavy atom. The highest BCUT2D eigenvalue weighted by Gasteiger charge is 2.24. The highest BCUT2D eigenvalue weighted by molar-refractivity contribution is 7.89. The van der Waals surface area contributed by atoms with Crippen molar-refractivity contribution in [3.63, 3.8) is 0 Å². The third-order valence-electron chi connectivity index (χ3n) is 5.01. The quantitative estimate of drug-likeness (QED) is 0.688. The van der Waals surface area contributed by atoms with E-state index in [1.165, 1.54) is 28.6 Å². The Morgan fingerprint density at radius 2 is 1.83 bits per heavy atom. The number of fused-ring (bicyclic) bond motifs is 1. The maximum atomic E-state index is 12.8. The van der Waals surface area contributed by atoms with Gasteiger partial charge in [-0.1, -0.05) is 13.8 Å². The number of rotatable bonds is 8. The second-order valence-electron chi connectivity index (χ2n) is 7.09. The van der Waals surface area contributed by atoms with Gasteiger partial charge in [-0.15, -0.1) is 0 Å². The fourth-order valence-electron chi connectivity index (χ4n) is 3.50. The van der Waals surface area contributed by atoms with Crippen LogP contribution in [0.5, 0.6) is 11.5 Å². The maximum Gasteiger partial charge on any atom is 0.255 e. The standard InChI is InChI=1S/C22H28N2O5S/c1-5-24(6-2)30(26,27)18-10-8-16(9-11-18)22(25)23-19-14-20-17(12-15(4)29-20)13-21(19)28-7-3/h8-11,13-15H,5-7,12H2,1-4H3,(H,23,25). The number of benzene rings is 2. The van der Waals surface area contributed by atoms with Crippen LogP contribution in [0.15, 0.2) is 41.3 Å². The van der Waals surface area contributed by atoms with Gasteiger partial charge in [0.2, 0.25) is 10.0 Å². The van der Waals surface area contributed by atoms with Gasteiger partial charge in [0.25, 0.3) is 5.91 Å². The van der Waals surface area contributed by atoms with Crippen LogP contribution in [-0.4, -0.2) is 44.4 Å². The molecule has 1 aliphatic heterocycles. The van der Waals surface area contributed by atoms with Crippen molar-refractivity contribution in [2.24, 2.45) is 0 Å². The van der Waals surface area contributed by atoms with Crippen LogP contribution in [0.2, 0.25) is 0 Å². The third-order valence-corrected chi connectivity index (χ3v) is 7.07. The van der Waals surface area contributed by atoms with Crippen molar-refractivity contribution in [3.05, 3.63) is 47.5 Å². The van der Waals surface area contributed by atoms with Crippen molar-refractivity contribution in [1.29, 1.82) is 0 Å². The van der Waals surface area contributed by atoms with Gasteiger partial charge in [-0.3, -0.25) is 4.79 Å². The van der Waals surface area contributed by atoms with Gasteiger partial charge < -0.3 is 14.8 Å². The molecule has 1 amide bonds. The lowest BCUT2D eigenvalue weighted by Gasteiger charge is -2.18. The molecule has 1 atom stereocenters. The Balaban J connectivity index is 1.82. The molecule has 8 heteroatoms. The average molecular weight is 433 g/mol. The van der Waals surface area contributed by atoms with Gasteiger partial charge in [0.05, 0.1) is 17.2 Å². The summed E-state index contributed by atoms with van der Waals surface area (Å²) in [6.07, 6.45) is 0.882. The smallest absolute Gasteiger partial charge is 0.255 e. The van der Waals surface area contributed by atoms with Gasteiger partial charge in [0.1, 0.15) is 17.6 Å². The van der Waals surface area contributed by atoms with Gasteiger partial charge in [-0.05, 0) is 44.2 Å². The highest BCUT2D eigenvalue weighted by Crippen LogP contribution is 2.38. The number of nitrogens with one attached hydrogen (secondary N) is 1. The maximum absolute atomic E-state index is 12.8. The summed E-state index contributed by atoms with van der Waals surface area (Å²) >= 11 is 0. The molecule has 1 heterocycles. The van der Waals surface area contributed by atoms with Crippen molar-refractivity contribution in [2.45, 2.75) is 45.1 Å². The molecule has 1 unspecified atom stereocenters. The lowest BCUT2D eigenvalue weighted by atomic mass is 10.1. The first-order valence-electron chi connectivity index (χ1n) is 10.2. The van der Waals surface area contributed by atoms with E-state index in [-0.39, 0.29) is 16.9 Å². The van der Waals surface area contributed by atoms with Crippen LogP contribution in [0.3, 0.4) is 0 Å². The first-order valence-corrected chi connectivity index (χ1v) is 11.6. The average Bonchev–Trinajstić information content (AvgIpc) is 3.08. The lowest BCUT2D eigenvalue weighted by Crippen LogP contribution is -2.30. The zero-order chi connectivity index (χ0) is 21.9. The number of nitrogens with zero attached hydrogens (tertiary/aromatic N) is 1. The van der Waals surface area contributed by atoms with E-state index in [4.69, 9.17) is 9.47 Å². The van der Waals surface area contributed by atoms with Crippen LogP contribution >= 0.6 is 0 Å². The molecule has 2 aromatic carbocycles. The number of amides is 1. The predicted octanol–water partition coefficient (Wildman–Crippen LogP) is 3.69. The summed E-state index contributed by atoms with van der Waals surface area (Å²) in [5.41, 5.74) is 1.93. The third kappa shape index (κ3) is 4.44. The molecule has 0 saturated carbocycles. The van der Waals surface area contributed by atoms with Crippen LogP contribution in [0.1, 0.15) is 43.6 Å². The SMILES string of the molecule is CCOc1cc2c(cc1NC(=O)c1ccc(S(=O)(=O)N(CC)CC)cc1)OC(C)C2. The Morgan fingerprint density at radius 1 is 1.17 bits per heavy atom. The number of hydrogen-bond donors (Lipinski definition) is 1. The van der Waals surface area contributed by atoms with Gasteiger partial charge in [-0.2, -0.15) is 4.31 Å². The van der Waals surface area contributed by atoms with Crippen LogP contribution < -0.4 is 14.8 Å². The Hall–Kier alpha value is -2.58. The van der Waals surface area contributed by atoms with Gasteiger partial charge >= 0.3 is 0 Å². The molecule has 0 radical (unpaired) electrons. The van der Waals surface area contributed by atoms with E-state index in [1.54, 1.807) is 19.9 Å². The molecule has 0 fully saturated rings. The molecule has 0 bridgehead atoms. The molecule has 0 spiro atoms. The van der Waals surface area contributed by atoms with Crippen molar-refractivity contribution in [2.75, 3.05) is 25.0 Å². The summed E-state index contributed by atoms with van der Waals surface area (Å²) in [6, 6.07) is 9.62. The minimum absolute atomic E-state index is 0.0840. The first kappa shape index (κ1) is 22.1. The summed E-state index contributed by atoms with van der Waals surface area (Å²) in [5.74, 6) is 0.971. The molecule has 3 rings (SSSR count). The summed E-state index contributed by atoms with van der Waals surface area (Å²) in [4.78, 5) is 12.9. The molecule has 1 N–H and O–H groups in total. The van der Waals surface area contributed by atoms with Crippen molar-refractivity contribution in [1.82, 2.24) is 4.31 Å². The van der Waals surface area contributed by atoms with E-state index in [9.17, 15) is 13.2 Å². The minimum Gasteiger partial charge on any atom is -0.492 e. The van der Waals surface area contributed by atoms with E-state index in [0.717, 1.165) is 17.7 Å². The fourth-order valence-corrected chi connectivity index (χ4v) is 4.96. The topological polar surface area (TPSA) is 84.9 Å². The van der Waals surface area contributed by atoms with Crippen LogP contribution in [0, 0.1) is 0 Å². The van der Waals surface area contributed by atoms with Gasteiger partial charge in [-0.25, -0.2) is 8.42 Å². The summed E-state index contributed by atoms with van der Waals surface area (Å²) < 4.78 is 38.1. The Labute approximate surface area is 178 Å². The largest absolute Gasteiger partial charge is 0.492 e. The number of ether oxygens (including phenoxy) is 2. The van der Waals surface area contributed by atoms with Crippen molar-refractivity contribution in [3.8, 4) is 11.5 Å². The van der Waals surface area contributed by atoms with Crippen LogP contribution in [-0.2, 0) is 16.4 Å². The molecule has 0 saturated heterocycles. The zero-order valence-electron chi connectivity index (χ0n) is 17.8. The predicted molar refractivity (Wildman–Crippen MR) is 116 cm³/mol. The van der Waals surface area contributed by atoms with E-state index in [1.807, 2.05) is 19.9 Å². The van der Waals surface area contributed by atoms with Crippen molar-refractivity contribution >= 4 is 21.6 Å². The molecule has 0 aromatic heterocycles. The number of carbonyl (C=O) groups is 1. The Bertz CT molecular complexity index is 1010. The molecule has 0 aliphatic carbocycles. The molecular weight excluding hydrogens is 404 g/mol. The molecular formula is C22H28N2O5S. The lowest BCUT2D eigenvalue weighted by molar-refractivity contribution is 0.102. The molecule has 1 aliphatic rings. The molecule has 2 aromatic rings. The highest BCUT2D eigenvalue weighted by atomic mass is 32.2. The van der Waals surface area contributed by atoms with E-state index >= 15 is 0 Å².